The van der Waals surface area contributed by atoms with Crippen molar-refractivity contribution in [3.05, 3.63) is 28.4 Å². The number of aryl methyl sites for hydroxylation is 1. The number of anilines is 1. The summed E-state index contributed by atoms with van der Waals surface area (Å²) < 4.78 is 0.573. The molecule has 2 N–H and O–H groups in total. The highest BCUT2D eigenvalue weighted by Gasteiger charge is 2.19. The highest BCUT2D eigenvalue weighted by Crippen LogP contribution is 2.24. The zero-order valence-corrected chi connectivity index (χ0v) is 12.2. The van der Waals surface area contributed by atoms with Crippen molar-refractivity contribution in [3.63, 3.8) is 0 Å². The summed E-state index contributed by atoms with van der Waals surface area (Å²) in [7, 11) is 2.11. The summed E-state index contributed by atoms with van der Waals surface area (Å²) in [4.78, 5) is 22.3. The molecular formula is C14H19N5O2. The van der Waals surface area contributed by atoms with Crippen molar-refractivity contribution in [1.29, 1.82) is 0 Å². The summed E-state index contributed by atoms with van der Waals surface area (Å²) in [5.41, 5.74) is 1.19. The second kappa shape index (κ2) is 5.33. The van der Waals surface area contributed by atoms with Crippen LogP contribution >= 0.6 is 0 Å². The standard InChI is InChI=1S/C14H19N5O2/c1-9-13-11(17-10-3-5-18(2)6-4-10)7-12(20)19(21)14(13)16-8-15-9/h7-8,10,17,21H,3-6H2,1-2H3. The molecule has 7 heteroatoms. The Morgan fingerprint density at radius 1 is 1.33 bits per heavy atom. The Labute approximate surface area is 122 Å². The van der Waals surface area contributed by atoms with Crippen LogP contribution < -0.4 is 10.9 Å². The summed E-state index contributed by atoms with van der Waals surface area (Å²) in [6.07, 6.45) is 3.39. The van der Waals surface area contributed by atoms with Crippen LogP contribution in [0.4, 0.5) is 5.69 Å². The van der Waals surface area contributed by atoms with Gasteiger partial charge in [0.2, 0.25) is 0 Å². The van der Waals surface area contributed by atoms with Crippen molar-refractivity contribution >= 4 is 16.7 Å². The monoisotopic (exact) mass is 289 g/mol. The molecule has 7 nitrogen and oxygen atoms in total. The Kier molecular flexibility index (Phi) is 3.50. The molecule has 1 aliphatic heterocycles. The fourth-order valence-corrected chi connectivity index (χ4v) is 2.78. The van der Waals surface area contributed by atoms with Crippen LogP contribution in [0.15, 0.2) is 17.2 Å². The molecule has 0 spiro atoms. The summed E-state index contributed by atoms with van der Waals surface area (Å²) in [6, 6.07) is 1.73. The number of aromatic nitrogens is 3. The first-order chi connectivity index (χ1) is 10.1. The Bertz CT molecular complexity index is 719. The highest BCUT2D eigenvalue weighted by atomic mass is 16.5. The van der Waals surface area contributed by atoms with Crippen LogP contribution in [-0.4, -0.2) is 51.0 Å². The van der Waals surface area contributed by atoms with Gasteiger partial charge in [0.05, 0.1) is 16.8 Å². The van der Waals surface area contributed by atoms with Gasteiger partial charge < -0.3 is 15.4 Å². The molecule has 0 bridgehead atoms. The maximum atomic E-state index is 11.9. The van der Waals surface area contributed by atoms with Crippen LogP contribution in [0, 0.1) is 6.92 Å². The normalized spacial score (nSPS) is 17.2. The number of likely N-dealkylation sites (tertiary alicyclic amines) is 1. The molecule has 0 aromatic carbocycles. The van der Waals surface area contributed by atoms with Crippen molar-refractivity contribution in [2.45, 2.75) is 25.8 Å². The zero-order chi connectivity index (χ0) is 15.0. The molecule has 0 aliphatic carbocycles. The topological polar surface area (TPSA) is 83.3 Å². The van der Waals surface area contributed by atoms with E-state index in [1.54, 1.807) is 0 Å². The molecule has 112 valence electrons. The number of nitrogens with one attached hydrogen (secondary N) is 1. The van der Waals surface area contributed by atoms with Gasteiger partial charge in [0.15, 0.2) is 5.65 Å². The van der Waals surface area contributed by atoms with Gasteiger partial charge in [-0.15, -0.1) is 4.73 Å². The second-order valence-electron chi connectivity index (χ2n) is 5.59. The minimum atomic E-state index is -0.490. The van der Waals surface area contributed by atoms with E-state index in [0.717, 1.165) is 31.6 Å². The van der Waals surface area contributed by atoms with Crippen LogP contribution in [0.2, 0.25) is 0 Å². The first-order valence-corrected chi connectivity index (χ1v) is 7.08. The molecule has 1 fully saturated rings. The fraction of sp³-hybridized carbons (Fsp3) is 0.500. The largest absolute Gasteiger partial charge is 0.423 e. The molecule has 0 unspecified atom stereocenters. The molecule has 2 aromatic heterocycles. The van der Waals surface area contributed by atoms with E-state index in [1.165, 1.54) is 12.4 Å². The van der Waals surface area contributed by atoms with E-state index in [-0.39, 0.29) is 5.65 Å². The molecule has 0 atom stereocenters. The molecule has 0 amide bonds. The van der Waals surface area contributed by atoms with Crippen molar-refractivity contribution in [1.82, 2.24) is 19.6 Å². The van der Waals surface area contributed by atoms with Gasteiger partial charge in [0.1, 0.15) is 6.33 Å². The molecule has 3 heterocycles. The van der Waals surface area contributed by atoms with Gasteiger partial charge in [-0.05, 0) is 39.9 Å². The Morgan fingerprint density at radius 2 is 2.05 bits per heavy atom. The molecule has 1 aliphatic rings. The van der Waals surface area contributed by atoms with Crippen LogP contribution in [0.5, 0.6) is 0 Å². The Balaban J connectivity index is 2.02. The lowest BCUT2D eigenvalue weighted by Crippen LogP contribution is -2.37. The summed E-state index contributed by atoms with van der Waals surface area (Å²) in [5.74, 6) is 0. The van der Waals surface area contributed by atoms with E-state index in [9.17, 15) is 10.0 Å². The van der Waals surface area contributed by atoms with Crippen LogP contribution in [0.3, 0.4) is 0 Å². The first-order valence-electron chi connectivity index (χ1n) is 7.08. The number of piperidine rings is 1. The molecule has 1 saturated heterocycles. The highest BCUT2D eigenvalue weighted by molar-refractivity contribution is 5.90. The van der Waals surface area contributed by atoms with Gasteiger partial charge in [-0.3, -0.25) is 4.79 Å². The van der Waals surface area contributed by atoms with Gasteiger partial charge in [0, 0.05) is 12.1 Å². The van der Waals surface area contributed by atoms with E-state index >= 15 is 0 Å². The number of hydrogen-bond donors (Lipinski definition) is 2. The number of pyridine rings is 1. The maximum Gasteiger partial charge on any atom is 0.286 e. The molecular weight excluding hydrogens is 270 g/mol. The first kappa shape index (κ1) is 13.8. The van der Waals surface area contributed by atoms with Gasteiger partial charge in [-0.25, -0.2) is 9.97 Å². The van der Waals surface area contributed by atoms with Crippen molar-refractivity contribution < 1.29 is 5.21 Å². The van der Waals surface area contributed by atoms with Gasteiger partial charge in [-0.1, -0.05) is 0 Å². The zero-order valence-electron chi connectivity index (χ0n) is 12.2. The second-order valence-corrected chi connectivity index (χ2v) is 5.59. The number of hydrogen-bond acceptors (Lipinski definition) is 6. The lowest BCUT2D eigenvalue weighted by molar-refractivity contribution is 0.186. The molecule has 3 rings (SSSR count). The third-order valence-electron chi connectivity index (χ3n) is 4.04. The average molecular weight is 289 g/mol. The fourth-order valence-electron chi connectivity index (χ4n) is 2.78. The average Bonchev–Trinajstić information content (AvgIpc) is 2.47. The van der Waals surface area contributed by atoms with Crippen LogP contribution in [-0.2, 0) is 0 Å². The Hall–Kier alpha value is -2.15. The third kappa shape index (κ3) is 2.56. The lowest BCUT2D eigenvalue weighted by atomic mass is 10.0. The SMILES string of the molecule is Cc1ncnc2c1c(NC1CCN(C)CC1)cc(=O)n2O. The van der Waals surface area contributed by atoms with Crippen molar-refractivity contribution in [3.8, 4) is 0 Å². The summed E-state index contributed by atoms with van der Waals surface area (Å²) >= 11 is 0. The van der Waals surface area contributed by atoms with Crippen molar-refractivity contribution in [2.24, 2.45) is 0 Å². The number of nitrogens with zero attached hydrogens (tertiary/aromatic N) is 4. The summed E-state index contributed by atoms with van der Waals surface area (Å²) in [6.45, 7) is 3.90. The van der Waals surface area contributed by atoms with E-state index < -0.39 is 5.56 Å². The predicted molar refractivity (Wildman–Crippen MR) is 79.9 cm³/mol. The minimum absolute atomic E-state index is 0.241. The summed E-state index contributed by atoms with van der Waals surface area (Å²) in [5, 5.41) is 13.9. The smallest absolute Gasteiger partial charge is 0.286 e. The van der Waals surface area contributed by atoms with Gasteiger partial charge in [0.25, 0.3) is 5.56 Å². The van der Waals surface area contributed by atoms with E-state index in [2.05, 4.69) is 27.2 Å². The minimum Gasteiger partial charge on any atom is -0.423 e. The molecule has 21 heavy (non-hydrogen) atoms. The maximum absolute atomic E-state index is 11.9. The van der Waals surface area contributed by atoms with Crippen LogP contribution in [0.25, 0.3) is 11.0 Å². The molecule has 0 saturated carbocycles. The number of fused-ring (bicyclic) bond motifs is 1. The lowest BCUT2D eigenvalue weighted by Gasteiger charge is -2.30. The third-order valence-corrected chi connectivity index (χ3v) is 4.04. The molecule has 2 aromatic rings. The Morgan fingerprint density at radius 3 is 2.76 bits per heavy atom. The van der Waals surface area contributed by atoms with Gasteiger partial charge >= 0.3 is 0 Å². The van der Waals surface area contributed by atoms with Crippen molar-refractivity contribution in [2.75, 3.05) is 25.5 Å². The predicted octanol–water partition coefficient (Wildman–Crippen LogP) is 0.843. The van der Waals surface area contributed by atoms with E-state index in [0.29, 0.717) is 21.8 Å². The van der Waals surface area contributed by atoms with Gasteiger partial charge in [-0.2, -0.15) is 0 Å². The van der Waals surface area contributed by atoms with E-state index in [1.807, 2.05) is 6.92 Å². The van der Waals surface area contributed by atoms with Crippen LogP contribution in [0.1, 0.15) is 18.5 Å². The van der Waals surface area contributed by atoms with E-state index in [4.69, 9.17) is 0 Å². The quantitative estimate of drug-likeness (QED) is 0.797. The molecule has 0 radical (unpaired) electrons. The number of rotatable bonds is 2.